The lowest BCUT2D eigenvalue weighted by molar-refractivity contribution is -0.116. The summed E-state index contributed by atoms with van der Waals surface area (Å²) >= 11 is 0. The maximum Gasteiger partial charge on any atom is 0.251 e. The molecule has 2 amide bonds. The van der Waals surface area contributed by atoms with E-state index in [9.17, 15) is 9.59 Å². The molecule has 0 bridgehead atoms. The second-order valence-corrected chi connectivity index (χ2v) is 6.72. The van der Waals surface area contributed by atoms with E-state index >= 15 is 0 Å². The Hall–Kier alpha value is -3.40. The molecule has 0 aliphatic heterocycles. The number of hydrogen-bond donors (Lipinski definition) is 2. The van der Waals surface area contributed by atoms with Crippen molar-refractivity contribution in [1.29, 1.82) is 0 Å². The SMILES string of the molecule is CC(NC(=O)c1ccc(NC(=O)CCc2ccccc2)cc1)c1ccccc1. The highest BCUT2D eigenvalue weighted by Crippen LogP contribution is 2.14. The van der Waals surface area contributed by atoms with E-state index in [-0.39, 0.29) is 17.9 Å². The van der Waals surface area contributed by atoms with E-state index in [2.05, 4.69) is 10.6 Å². The fraction of sp³-hybridized carbons (Fsp3) is 0.167. The van der Waals surface area contributed by atoms with Gasteiger partial charge < -0.3 is 10.6 Å². The maximum atomic E-state index is 12.4. The fourth-order valence-corrected chi connectivity index (χ4v) is 2.94. The molecule has 1 atom stereocenters. The Labute approximate surface area is 165 Å². The number of benzene rings is 3. The predicted octanol–water partition coefficient (Wildman–Crippen LogP) is 4.75. The van der Waals surface area contributed by atoms with Crippen LogP contribution in [0.15, 0.2) is 84.9 Å². The molecule has 0 heterocycles. The second kappa shape index (κ2) is 9.51. The van der Waals surface area contributed by atoms with Crippen molar-refractivity contribution < 1.29 is 9.59 Å². The number of hydrogen-bond acceptors (Lipinski definition) is 2. The number of carbonyl (C=O) groups is 2. The summed E-state index contributed by atoms with van der Waals surface area (Å²) in [5.41, 5.74) is 3.44. The summed E-state index contributed by atoms with van der Waals surface area (Å²) in [5.74, 6) is -0.183. The molecule has 0 saturated carbocycles. The van der Waals surface area contributed by atoms with Crippen molar-refractivity contribution in [2.75, 3.05) is 5.32 Å². The number of aryl methyl sites for hydroxylation is 1. The average molecular weight is 372 g/mol. The number of carbonyl (C=O) groups excluding carboxylic acids is 2. The van der Waals surface area contributed by atoms with Gasteiger partial charge in [-0.15, -0.1) is 0 Å². The van der Waals surface area contributed by atoms with Crippen LogP contribution in [-0.2, 0) is 11.2 Å². The summed E-state index contributed by atoms with van der Waals surface area (Å²) in [7, 11) is 0. The Kier molecular flexibility index (Phi) is 6.58. The van der Waals surface area contributed by atoms with Gasteiger partial charge in [0, 0.05) is 17.7 Å². The van der Waals surface area contributed by atoms with Gasteiger partial charge in [0.05, 0.1) is 6.04 Å². The lowest BCUT2D eigenvalue weighted by atomic mass is 10.1. The topological polar surface area (TPSA) is 58.2 Å². The fourth-order valence-electron chi connectivity index (χ4n) is 2.94. The molecule has 4 heteroatoms. The molecule has 0 aliphatic carbocycles. The zero-order valence-corrected chi connectivity index (χ0v) is 15.9. The van der Waals surface area contributed by atoms with Crippen LogP contribution in [0.1, 0.15) is 40.9 Å². The van der Waals surface area contributed by atoms with Gasteiger partial charge in [0.15, 0.2) is 0 Å². The molecule has 2 N–H and O–H groups in total. The summed E-state index contributed by atoms with van der Waals surface area (Å²) < 4.78 is 0. The first-order chi connectivity index (χ1) is 13.6. The van der Waals surface area contributed by atoms with Crippen molar-refractivity contribution in [3.05, 3.63) is 102 Å². The molecule has 4 nitrogen and oxygen atoms in total. The molecule has 0 saturated heterocycles. The molecule has 0 aliphatic rings. The molecule has 0 fully saturated rings. The van der Waals surface area contributed by atoms with E-state index in [1.54, 1.807) is 24.3 Å². The highest BCUT2D eigenvalue weighted by atomic mass is 16.2. The van der Waals surface area contributed by atoms with Crippen LogP contribution in [0.5, 0.6) is 0 Å². The minimum Gasteiger partial charge on any atom is -0.346 e. The summed E-state index contributed by atoms with van der Waals surface area (Å²) in [6, 6.07) is 26.6. The second-order valence-electron chi connectivity index (χ2n) is 6.72. The number of amides is 2. The summed E-state index contributed by atoms with van der Waals surface area (Å²) in [4.78, 5) is 24.5. The lowest BCUT2D eigenvalue weighted by Crippen LogP contribution is -2.26. The third kappa shape index (κ3) is 5.55. The Bertz CT molecular complexity index is 906. The van der Waals surface area contributed by atoms with Crippen molar-refractivity contribution in [3.8, 4) is 0 Å². The summed E-state index contributed by atoms with van der Waals surface area (Å²) in [5, 5.41) is 5.86. The third-order valence-corrected chi connectivity index (χ3v) is 4.56. The van der Waals surface area contributed by atoms with Crippen molar-refractivity contribution in [2.45, 2.75) is 25.8 Å². The molecule has 1 unspecified atom stereocenters. The van der Waals surface area contributed by atoms with Crippen LogP contribution in [0.2, 0.25) is 0 Å². The molecule has 28 heavy (non-hydrogen) atoms. The smallest absolute Gasteiger partial charge is 0.251 e. The van der Waals surface area contributed by atoms with Crippen LogP contribution < -0.4 is 10.6 Å². The van der Waals surface area contributed by atoms with E-state index in [4.69, 9.17) is 0 Å². The van der Waals surface area contributed by atoms with Gasteiger partial charge in [-0.05, 0) is 48.7 Å². The van der Waals surface area contributed by atoms with Gasteiger partial charge >= 0.3 is 0 Å². The first kappa shape index (κ1) is 19.4. The van der Waals surface area contributed by atoms with Gasteiger partial charge in [0.25, 0.3) is 5.91 Å². The van der Waals surface area contributed by atoms with Gasteiger partial charge in [0.2, 0.25) is 5.91 Å². The molecule has 0 aromatic heterocycles. The zero-order valence-electron chi connectivity index (χ0n) is 15.9. The molecule has 3 rings (SSSR count). The van der Waals surface area contributed by atoms with Gasteiger partial charge in [0.1, 0.15) is 0 Å². The van der Waals surface area contributed by atoms with Crippen LogP contribution in [0.4, 0.5) is 5.69 Å². The Balaban J connectivity index is 1.51. The molecule has 0 spiro atoms. The van der Waals surface area contributed by atoms with Crippen LogP contribution in [-0.4, -0.2) is 11.8 Å². The van der Waals surface area contributed by atoms with Gasteiger partial charge in [-0.2, -0.15) is 0 Å². The first-order valence-corrected chi connectivity index (χ1v) is 9.41. The quantitative estimate of drug-likeness (QED) is 0.629. The maximum absolute atomic E-state index is 12.4. The Morgan fingerprint density at radius 2 is 1.43 bits per heavy atom. The molecular formula is C24H24N2O2. The van der Waals surface area contributed by atoms with E-state index in [1.807, 2.05) is 67.6 Å². The zero-order chi connectivity index (χ0) is 19.8. The minimum atomic E-state index is -0.140. The van der Waals surface area contributed by atoms with E-state index in [1.165, 1.54) is 0 Å². The van der Waals surface area contributed by atoms with Crippen LogP contribution in [0, 0.1) is 0 Å². The number of rotatable bonds is 7. The van der Waals surface area contributed by atoms with Crippen LogP contribution in [0.25, 0.3) is 0 Å². The highest BCUT2D eigenvalue weighted by molar-refractivity contribution is 5.96. The summed E-state index contributed by atoms with van der Waals surface area (Å²) in [6.07, 6.45) is 1.12. The van der Waals surface area contributed by atoms with Crippen LogP contribution >= 0.6 is 0 Å². The van der Waals surface area contributed by atoms with Crippen molar-refractivity contribution in [1.82, 2.24) is 5.32 Å². The monoisotopic (exact) mass is 372 g/mol. The Morgan fingerprint density at radius 3 is 2.07 bits per heavy atom. The van der Waals surface area contributed by atoms with Gasteiger partial charge in [-0.25, -0.2) is 0 Å². The van der Waals surface area contributed by atoms with E-state index < -0.39 is 0 Å². The molecule has 0 radical (unpaired) electrons. The van der Waals surface area contributed by atoms with Gasteiger partial charge in [-0.1, -0.05) is 60.7 Å². The largest absolute Gasteiger partial charge is 0.346 e. The number of anilines is 1. The van der Waals surface area contributed by atoms with E-state index in [0.29, 0.717) is 24.1 Å². The van der Waals surface area contributed by atoms with Crippen molar-refractivity contribution in [3.63, 3.8) is 0 Å². The Morgan fingerprint density at radius 1 is 0.821 bits per heavy atom. The third-order valence-electron chi connectivity index (χ3n) is 4.56. The molecule has 3 aromatic rings. The lowest BCUT2D eigenvalue weighted by Gasteiger charge is -2.14. The standard InChI is InChI=1S/C24H24N2O2/c1-18(20-10-6-3-7-11-20)25-24(28)21-13-15-22(16-14-21)26-23(27)17-12-19-8-4-2-5-9-19/h2-11,13-16,18H,12,17H2,1H3,(H,25,28)(H,26,27). The highest BCUT2D eigenvalue weighted by Gasteiger charge is 2.11. The molecule has 3 aromatic carbocycles. The predicted molar refractivity (Wildman–Crippen MR) is 112 cm³/mol. The van der Waals surface area contributed by atoms with E-state index in [0.717, 1.165) is 11.1 Å². The van der Waals surface area contributed by atoms with Crippen molar-refractivity contribution >= 4 is 17.5 Å². The average Bonchev–Trinajstić information content (AvgIpc) is 2.74. The molecule has 142 valence electrons. The van der Waals surface area contributed by atoms with Gasteiger partial charge in [-0.3, -0.25) is 9.59 Å². The normalized spacial score (nSPS) is 11.5. The molecular weight excluding hydrogens is 348 g/mol. The van der Waals surface area contributed by atoms with Crippen LogP contribution in [0.3, 0.4) is 0 Å². The first-order valence-electron chi connectivity index (χ1n) is 9.41. The van der Waals surface area contributed by atoms with Crippen molar-refractivity contribution in [2.24, 2.45) is 0 Å². The minimum absolute atomic E-state index is 0.0428. The number of nitrogens with one attached hydrogen (secondary N) is 2. The summed E-state index contributed by atoms with van der Waals surface area (Å²) in [6.45, 7) is 1.95.